The Balaban J connectivity index is 1.74. The molecule has 1 fully saturated rings. The summed E-state index contributed by atoms with van der Waals surface area (Å²) >= 11 is 0. The van der Waals surface area contributed by atoms with Crippen molar-refractivity contribution in [1.82, 2.24) is 9.80 Å². The van der Waals surface area contributed by atoms with Crippen LogP contribution in [-0.4, -0.2) is 61.6 Å². The highest BCUT2D eigenvalue weighted by Crippen LogP contribution is 2.13. The number of anilines is 1. The van der Waals surface area contributed by atoms with Crippen LogP contribution >= 0.6 is 0 Å². The van der Waals surface area contributed by atoms with Gasteiger partial charge in [-0.15, -0.1) is 0 Å². The first kappa shape index (κ1) is 16.8. The monoisotopic (exact) mass is 303 g/mol. The molecule has 0 amide bonds. The maximum absolute atomic E-state index is 5.97. The molecular formula is C17H29N5. The number of aryl methyl sites for hydroxylation is 2. The van der Waals surface area contributed by atoms with Gasteiger partial charge < -0.3 is 16.0 Å². The van der Waals surface area contributed by atoms with Gasteiger partial charge in [0.05, 0.1) is 6.54 Å². The van der Waals surface area contributed by atoms with Gasteiger partial charge in [0, 0.05) is 38.4 Å². The van der Waals surface area contributed by atoms with Crippen molar-refractivity contribution in [2.24, 2.45) is 10.7 Å². The van der Waals surface area contributed by atoms with Crippen LogP contribution in [0.3, 0.4) is 0 Å². The summed E-state index contributed by atoms with van der Waals surface area (Å²) in [5.41, 5.74) is 9.51. The molecular weight excluding hydrogens is 274 g/mol. The van der Waals surface area contributed by atoms with E-state index < -0.39 is 0 Å². The smallest absolute Gasteiger partial charge is 0.193 e. The van der Waals surface area contributed by atoms with E-state index in [4.69, 9.17) is 5.73 Å². The average Bonchev–Trinajstić information content (AvgIpc) is 2.51. The highest BCUT2D eigenvalue weighted by molar-refractivity contribution is 5.92. The van der Waals surface area contributed by atoms with Crippen LogP contribution in [0.25, 0.3) is 0 Å². The van der Waals surface area contributed by atoms with Crippen molar-refractivity contribution in [2.75, 3.05) is 51.1 Å². The number of likely N-dealkylation sites (N-methyl/N-ethyl adjacent to an activating group) is 1. The number of nitrogens with one attached hydrogen (secondary N) is 1. The number of aliphatic imine (C=N–C) groups is 1. The van der Waals surface area contributed by atoms with Crippen LogP contribution in [0.5, 0.6) is 0 Å². The lowest BCUT2D eigenvalue weighted by atomic mass is 10.1. The van der Waals surface area contributed by atoms with Crippen LogP contribution in [0.2, 0.25) is 0 Å². The van der Waals surface area contributed by atoms with E-state index in [1.807, 2.05) is 6.07 Å². The molecule has 1 aromatic carbocycles. The molecule has 0 spiro atoms. The predicted octanol–water partition coefficient (Wildman–Crippen LogP) is 1.67. The van der Waals surface area contributed by atoms with Crippen LogP contribution in [0.4, 0.5) is 5.69 Å². The van der Waals surface area contributed by atoms with E-state index in [1.54, 1.807) is 0 Å². The van der Waals surface area contributed by atoms with Crippen molar-refractivity contribution in [2.45, 2.75) is 20.8 Å². The zero-order valence-corrected chi connectivity index (χ0v) is 14.1. The van der Waals surface area contributed by atoms with Crippen LogP contribution < -0.4 is 11.1 Å². The maximum Gasteiger partial charge on any atom is 0.193 e. The molecule has 5 nitrogen and oxygen atoms in total. The van der Waals surface area contributed by atoms with Gasteiger partial charge in [0.25, 0.3) is 0 Å². The van der Waals surface area contributed by atoms with E-state index in [-0.39, 0.29) is 0 Å². The Morgan fingerprint density at radius 3 is 2.45 bits per heavy atom. The summed E-state index contributed by atoms with van der Waals surface area (Å²) < 4.78 is 0. The van der Waals surface area contributed by atoms with E-state index in [9.17, 15) is 0 Å². The third-order valence-corrected chi connectivity index (χ3v) is 4.39. The van der Waals surface area contributed by atoms with E-state index in [1.165, 1.54) is 11.1 Å². The van der Waals surface area contributed by atoms with Gasteiger partial charge in [0.15, 0.2) is 5.96 Å². The molecule has 1 aromatic rings. The van der Waals surface area contributed by atoms with E-state index in [0.29, 0.717) is 5.96 Å². The van der Waals surface area contributed by atoms with Gasteiger partial charge in [-0.1, -0.05) is 13.0 Å². The van der Waals surface area contributed by atoms with Crippen molar-refractivity contribution in [3.8, 4) is 0 Å². The quantitative estimate of drug-likeness (QED) is 0.642. The summed E-state index contributed by atoms with van der Waals surface area (Å²) in [5, 5.41) is 3.16. The molecule has 1 heterocycles. The van der Waals surface area contributed by atoms with Crippen LogP contribution in [0.15, 0.2) is 23.2 Å². The first-order valence-electron chi connectivity index (χ1n) is 8.17. The molecule has 5 heteroatoms. The standard InChI is InChI=1S/C17H29N5/c1-4-21-9-11-22(12-10-21)8-7-19-17(18)20-16-6-5-14(2)15(3)13-16/h5-6,13H,4,7-12H2,1-3H3,(H3,18,19,20). The van der Waals surface area contributed by atoms with Gasteiger partial charge >= 0.3 is 0 Å². The second-order valence-electron chi connectivity index (χ2n) is 5.97. The number of piperazine rings is 1. The normalized spacial score (nSPS) is 17.7. The fraction of sp³-hybridized carbons (Fsp3) is 0.588. The van der Waals surface area contributed by atoms with Gasteiger partial charge in [-0.25, -0.2) is 0 Å². The molecule has 22 heavy (non-hydrogen) atoms. The summed E-state index contributed by atoms with van der Waals surface area (Å²) in [6, 6.07) is 6.23. The van der Waals surface area contributed by atoms with Gasteiger partial charge in [-0.05, 0) is 43.7 Å². The number of nitrogens with two attached hydrogens (primary N) is 1. The second kappa shape index (κ2) is 8.15. The Morgan fingerprint density at radius 1 is 1.14 bits per heavy atom. The number of benzene rings is 1. The Labute approximate surface area is 134 Å². The summed E-state index contributed by atoms with van der Waals surface area (Å²) in [5.74, 6) is 0.496. The molecule has 122 valence electrons. The molecule has 0 aliphatic carbocycles. The van der Waals surface area contributed by atoms with Crippen molar-refractivity contribution in [3.05, 3.63) is 29.3 Å². The molecule has 0 saturated carbocycles. The fourth-order valence-corrected chi connectivity index (χ4v) is 2.65. The molecule has 1 aliphatic rings. The molecule has 0 unspecified atom stereocenters. The Morgan fingerprint density at radius 2 is 1.82 bits per heavy atom. The van der Waals surface area contributed by atoms with Crippen LogP contribution in [-0.2, 0) is 0 Å². The van der Waals surface area contributed by atoms with E-state index in [2.05, 4.69) is 53.0 Å². The Bertz CT molecular complexity index is 504. The minimum absolute atomic E-state index is 0.496. The van der Waals surface area contributed by atoms with Crippen molar-refractivity contribution < 1.29 is 0 Å². The Hall–Kier alpha value is -1.59. The second-order valence-corrected chi connectivity index (χ2v) is 5.97. The minimum atomic E-state index is 0.496. The Kier molecular flexibility index (Phi) is 6.21. The number of hydrogen-bond donors (Lipinski definition) is 2. The fourth-order valence-electron chi connectivity index (χ4n) is 2.65. The van der Waals surface area contributed by atoms with E-state index >= 15 is 0 Å². The molecule has 0 radical (unpaired) electrons. The highest BCUT2D eigenvalue weighted by atomic mass is 15.3. The minimum Gasteiger partial charge on any atom is -0.370 e. The molecule has 1 saturated heterocycles. The lowest BCUT2D eigenvalue weighted by Gasteiger charge is -2.33. The number of guanidine groups is 1. The van der Waals surface area contributed by atoms with Gasteiger partial charge in [0.1, 0.15) is 0 Å². The van der Waals surface area contributed by atoms with Gasteiger partial charge in [-0.3, -0.25) is 9.89 Å². The lowest BCUT2D eigenvalue weighted by Crippen LogP contribution is -2.46. The third kappa shape index (κ3) is 5.00. The number of rotatable bonds is 5. The topological polar surface area (TPSA) is 56.9 Å². The van der Waals surface area contributed by atoms with Crippen molar-refractivity contribution >= 4 is 11.6 Å². The summed E-state index contributed by atoms with van der Waals surface area (Å²) in [7, 11) is 0. The first-order chi connectivity index (χ1) is 10.6. The largest absolute Gasteiger partial charge is 0.370 e. The molecule has 3 N–H and O–H groups in total. The molecule has 0 atom stereocenters. The molecule has 1 aliphatic heterocycles. The van der Waals surface area contributed by atoms with Gasteiger partial charge in [-0.2, -0.15) is 0 Å². The lowest BCUT2D eigenvalue weighted by molar-refractivity contribution is 0.140. The van der Waals surface area contributed by atoms with Crippen LogP contribution in [0, 0.1) is 13.8 Å². The molecule has 0 bridgehead atoms. The predicted molar refractivity (Wildman–Crippen MR) is 94.6 cm³/mol. The molecule has 2 rings (SSSR count). The maximum atomic E-state index is 5.97. The summed E-state index contributed by atoms with van der Waals surface area (Å²) in [4.78, 5) is 9.37. The summed E-state index contributed by atoms with van der Waals surface area (Å²) in [6.07, 6.45) is 0. The zero-order valence-electron chi connectivity index (χ0n) is 14.1. The average molecular weight is 303 g/mol. The van der Waals surface area contributed by atoms with E-state index in [0.717, 1.165) is 51.5 Å². The first-order valence-corrected chi connectivity index (χ1v) is 8.17. The van der Waals surface area contributed by atoms with Crippen molar-refractivity contribution in [1.29, 1.82) is 0 Å². The van der Waals surface area contributed by atoms with Crippen LogP contribution in [0.1, 0.15) is 18.1 Å². The molecule has 0 aromatic heterocycles. The third-order valence-electron chi connectivity index (χ3n) is 4.39. The number of hydrogen-bond acceptors (Lipinski definition) is 3. The van der Waals surface area contributed by atoms with Crippen molar-refractivity contribution in [3.63, 3.8) is 0 Å². The highest BCUT2D eigenvalue weighted by Gasteiger charge is 2.14. The number of nitrogens with zero attached hydrogens (tertiary/aromatic N) is 3. The zero-order chi connectivity index (χ0) is 15.9. The summed E-state index contributed by atoms with van der Waals surface area (Å²) in [6.45, 7) is 13.9. The SMILES string of the molecule is CCN1CCN(CCN=C(N)Nc2ccc(C)c(C)c2)CC1. The van der Waals surface area contributed by atoms with Gasteiger partial charge in [0.2, 0.25) is 0 Å².